The predicted octanol–water partition coefficient (Wildman–Crippen LogP) is 0.812. The van der Waals surface area contributed by atoms with Crippen molar-refractivity contribution < 1.29 is 9.50 Å². The van der Waals surface area contributed by atoms with Crippen molar-refractivity contribution in [2.75, 3.05) is 24.2 Å². The monoisotopic (exact) mass is 170 g/mol. The van der Waals surface area contributed by atoms with Crippen molar-refractivity contribution >= 4 is 11.4 Å². The first-order chi connectivity index (χ1) is 5.74. The van der Waals surface area contributed by atoms with Crippen LogP contribution in [0.15, 0.2) is 18.2 Å². The number of aliphatic hydroxyl groups is 1. The van der Waals surface area contributed by atoms with E-state index in [0.29, 0.717) is 17.9 Å². The van der Waals surface area contributed by atoms with Crippen LogP contribution in [0.25, 0.3) is 0 Å². The molecule has 0 aliphatic carbocycles. The largest absolute Gasteiger partial charge is 0.397 e. The minimum absolute atomic E-state index is 0.00401. The molecule has 3 nitrogen and oxygen atoms in total. The molecule has 1 aromatic rings. The second kappa shape index (κ2) is 3.92. The van der Waals surface area contributed by atoms with Crippen molar-refractivity contribution in [1.29, 1.82) is 0 Å². The fourth-order valence-corrected chi connectivity index (χ4v) is 0.872. The van der Waals surface area contributed by atoms with Crippen LogP contribution < -0.4 is 11.1 Å². The van der Waals surface area contributed by atoms with E-state index in [1.165, 1.54) is 18.2 Å². The summed E-state index contributed by atoms with van der Waals surface area (Å²) in [5, 5.41) is 11.3. The molecule has 4 heteroatoms. The van der Waals surface area contributed by atoms with Crippen LogP contribution in [0.3, 0.4) is 0 Å². The van der Waals surface area contributed by atoms with Gasteiger partial charge in [0.1, 0.15) is 5.82 Å². The van der Waals surface area contributed by atoms with Crippen LogP contribution in [0.1, 0.15) is 0 Å². The normalized spacial score (nSPS) is 9.83. The van der Waals surface area contributed by atoms with Gasteiger partial charge < -0.3 is 16.2 Å². The molecule has 66 valence electrons. The minimum atomic E-state index is -0.343. The molecule has 0 saturated heterocycles. The smallest absolute Gasteiger partial charge is 0.125 e. The van der Waals surface area contributed by atoms with Gasteiger partial charge in [-0.05, 0) is 18.2 Å². The Kier molecular flexibility index (Phi) is 2.88. The maximum atomic E-state index is 12.6. The number of rotatable bonds is 3. The Balaban J connectivity index is 2.75. The predicted molar refractivity (Wildman–Crippen MR) is 46.4 cm³/mol. The zero-order chi connectivity index (χ0) is 8.97. The number of halogens is 1. The van der Waals surface area contributed by atoms with Crippen LogP contribution in [0, 0.1) is 5.82 Å². The van der Waals surface area contributed by atoms with Crippen molar-refractivity contribution in [3.05, 3.63) is 24.0 Å². The molecule has 0 aliphatic rings. The number of nitrogen functional groups attached to an aromatic ring is 1. The maximum Gasteiger partial charge on any atom is 0.125 e. The molecule has 0 amide bonds. The first-order valence-corrected chi connectivity index (χ1v) is 3.64. The zero-order valence-corrected chi connectivity index (χ0v) is 6.55. The van der Waals surface area contributed by atoms with Crippen LogP contribution in [0.2, 0.25) is 0 Å². The van der Waals surface area contributed by atoms with Crippen LogP contribution in [-0.2, 0) is 0 Å². The van der Waals surface area contributed by atoms with E-state index in [2.05, 4.69) is 5.32 Å². The summed E-state index contributed by atoms with van der Waals surface area (Å²) < 4.78 is 12.6. The lowest BCUT2D eigenvalue weighted by molar-refractivity contribution is 0.311. The Labute approximate surface area is 70.0 Å². The van der Waals surface area contributed by atoms with Crippen LogP contribution >= 0.6 is 0 Å². The molecule has 1 rings (SSSR count). The SMILES string of the molecule is Nc1ccc(F)cc1NCCO. The lowest BCUT2D eigenvalue weighted by Crippen LogP contribution is -2.07. The van der Waals surface area contributed by atoms with Crippen LogP contribution in [-0.4, -0.2) is 18.3 Å². The van der Waals surface area contributed by atoms with Gasteiger partial charge in [0.05, 0.1) is 18.0 Å². The Hall–Kier alpha value is -1.29. The minimum Gasteiger partial charge on any atom is -0.397 e. The summed E-state index contributed by atoms with van der Waals surface area (Å²) in [6.07, 6.45) is 0. The Morgan fingerprint density at radius 3 is 2.92 bits per heavy atom. The highest BCUT2D eigenvalue weighted by Crippen LogP contribution is 2.18. The summed E-state index contributed by atoms with van der Waals surface area (Å²) in [6.45, 7) is 0.365. The van der Waals surface area contributed by atoms with Crippen molar-refractivity contribution in [3.8, 4) is 0 Å². The Bertz CT molecular complexity index is 265. The van der Waals surface area contributed by atoms with E-state index in [0.717, 1.165) is 0 Å². The summed E-state index contributed by atoms with van der Waals surface area (Å²) in [6, 6.07) is 4.07. The van der Waals surface area contributed by atoms with E-state index >= 15 is 0 Å². The highest BCUT2D eigenvalue weighted by molar-refractivity contribution is 5.65. The molecule has 0 atom stereocenters. The molecule has 0 heterocycles. The summed E-state index contributed by atoms with van der Waals surface area (Å²) in [7, 11) is 0. The van der Waals surface area contributed by atoms with Gasteiger partial charge in [-0.25, -0.2) is 4.39 Å². The molecule has 0 saturated carbocycles. The number of hydrogen-bond acceptors (Lipinski definition) is 3. The lowest BCUT2D eigenvalue weighted by atomic mass is 10.2. The number of nitrogens with two attached hydrogens (primary N) is 1. The highest BCUT2D eigenvalue weighted by atomic mass is 19.1. The van der Waals surface area contributed by atoms with Gasteiger partial charge in [-0.3, -0.25) is 0 Å². The molecule has 0 bridgehead atoms. The van der Waals surface area contributed by atoms with E-state index < -0.39 is 0 Å². The second-order valence-electron chi connectivity index (χ2n) is 2.38. The van der Waals surface area contributed by atoms with Crippen LogP contribution in [0.5, 0.6) is 0 Å². The number of aliphatic hydroxyl groups excluding tert-OH is 1. The van der Waals surface area contributed by atoms with Gasteiger partial charge in [-0.15, -0.1) is 0 Å². The fraction of sp³-hybridized carbons (Fsp3) is 0.250. The third-order valence-electron chi connectivity index (χ3n) is 1.44. The van der Waals surface area contributed by atoms with Crippen molar-refractivity contribution in [3.63, 3.8) is 0 Å². The first-order valence-electron chi connectivity index (χ1n) is 3.64. The molecule has 0 unspecified atom stereocenters. The fourth-order valence-electron chi connectivity index (χ4n) is 0.872. The van der Waals surface area contributed by atoms with Crippen LogP contribution in [0.4, 0.5) is 15.8 Å². The average molecular weight is 170 g/mol. The summed E-state index contributed by atoms with van der Waals surface area (Å²) in [5.74, 6) is -0.343. The van der Waals surface area contributed by atoms with Gasteiger partial charge in [0, 0.05) is 6.54 Å². The molecule has 4 N–H and O–H groups in total. The lowest BCUT2D eigenvalue weighted by Gasteiger charge is -2.06. The van der Waals surface area contributed by atoms with E-state index in [9.17, 15) is 4.39 Å². The third-order valence-corrected chi connectivity index (χ3v) is 1.44. The van der Waals surface area contributed by atoms with Gasteiger partial charge >= 0.3 is 0 Å². The molecule has 0 spiro atoms. The number of anilines is 2. The molecule has 0 radical (unpaired) electrons. The van der Waals surface area contributed by atoms with Gasteiger partial charge in [0.15, 0.2) is 0 Å². The maximum absolute atomic E-state index is 12.6. The average Bonchev–Trinajstić information content (AvgIpc) is 2.07. The number of nitrogens with one attached hydrogen (secondary N) is 1. The quantitative estimate of drug-likeness (QED) is 0.588. The molecule has 12 heavy (non-hydrogen) atoms. The number of hydrogen-bond donors (Lipinski definition) is 3. The highest BCUT2D eigenvalue weighted by Gasteiger charge is 1.98. The van der Waals surface area contributed by atoms with E-state index in [4.69, 9.17) is 10.8 Å². The van der Waals surface area contributed by atoms with Crippen molar-refractivity contribution in [2.45, 2.75) is 0 Å². The summed E-state index contributed by atoms with van der Waals surface area (Å²) in [5.41, 5.74) is 6.51. The second-order valence-corrected chi connectivity index (χ2v) is 2.38. The number of benzene rings is 1. The Morgan fingerprint density at radius 1 is 1.50 bits per heavy atom. The summed E-state index contributed by atoms with van der Waals surface area (Å²) in [4.78, 5) is 0. The standard InChI is InChI=1S/C8H11FN2O/c9-6-1-2-7(10)8(5-6)11-3-4-12/h1-2,5,11-12H,3-4,10H2. The van der Waals surface area contributed by atoms with Gasteiger partial charge in [0.2, 0.25) is 0 Å². The summed E-state index contributed by atoms with van der Waals surface area (Å²) >= 11 is 0. The van der Waals surface area contributed by atoms with Gasteiger partial charge in [0.25, 0.3) is 0 Å². The van der Waals surface area contributed by atoms with Gasteiger partial charge in [-0.2, -0.15) is 0 Å². The van der Waals surface area contributed by atoms with E-state index in [1.54, 1.807) is 0 Å². The zero-order valence-electron chi connectivity index (χ0n) is 6.55. The van der Waals surface area contributed by atoms with E-state index in [1.807, 2.05) is 0 Å². The Morgan fingerprint density at radius 2 is 2.25 bits per heavy atom. The third kappa shape index (κ3) is 2.10. The molecule has 0 fully saturated rings. The van der Waals surface area contributed by atoms with E-state index in [-0.39, 0.29) is 12.4 Å². The first kappa shape index (κ1) is 8.80. The topological polar surface area (TPSA) is 58.3 Å². The molecule has 0 aliphatic heterocycles. The molecular formula is C8H11FN2O. The van der Waals surface area contributed by atoms with Gasteiger partial charge in [-0.1, -0.05) is 0 Å². The molecule has 1 aromatic carbocycles. The molecule has 0 aromatic heterocycles. The van der Waals surface area contributed by atoms with Crippen molar-refractivity contribution in [2.24, 2.45) is 0 Å². The molecular weight excluding hydrogens is 159 g/mol. The van der Waals surface area contributed by atoms with Crippen molar-refractivity contribution in [1.82, 2.24) is 0 Å².